The van der Waals surface area contributed by atoms with Gasteiger partial charge >= 0.3 is 17.9 Å². The third kappa shape index (κ3) is 11.0. The summed E-state index contributed by atoms with van der Waals surface area (Å²) in [7, 11) is 1.39. The molecular weight excluding hydrogens is 424 g/mol. The number of unbranched alkanes of at least 4 members (excludes halogenated alkanes) is 4. The van der Waals surface area contributed by atoms with Crippen molar-refractivity contribution in [2.24, 2.45) is 11.8 Å². The molecule has 0 unspecified atom stereocenters. The van der Waals surface area contributed by atoms with Crippen LogP contribution in [-0.2, 0) is 33.4 Å². The fourth-order valence-corrected chi connectivity index (χ4v) is 4.48. The summed E-state index contributed by atoms with van der Waals surface area (Å²) in [5, 5.41) is 0. The summed E-state index contributed by atoms with van der Waals surface area (Å²) < 4.78 is 15.7. The van der Waals surface area contributed by atoms with Crippen molar-refractivity contribution in [1.82, 2.24) is 0 Å². The SMILES string of the molecule is CCCC[C@@](C)(CC=C[C@H]1C(=O)[C@H](CCCCCCC(=O)OC)C[C@H]1OC(C)=O)OC(C)=O. The summed E-state index contributed by atoms with van der Waals surface area (Å²) >= 11 is 0. The second kappa shape index (κ2) is 14.9. The molecule has 0 bridgehead atoms. The van der Waals surface area contributed by atoms with Gasteiger partial charge in [-0.15, -0.1) is 0 Å². The first kappa shape index (κ1) is 28.9. The van der Waals surface area contributed by atoms with E-state index in [2.05, 4.69) is 11.7 Å². The first-order valence-corrected chi connectivity index (χ1v) is 12.3. The molecule has 0 saturated heterocycles. The summed E-state index contributed by atoms with van der Waals surface area (Å²) in [6, 6.07) is 0. The molecule has 0 aliphatic heterocycles. The average Bonchev–Trinajstić information content (AvgIpc) is 3.02. The Hall–Kier alpha value is -2.18. The zero-order valence-electron chi connectivity index (χ0n) is 21.0. The third-order valence-corrected chi connectivity index (χ3v) is 6.22. The maximum absolute atomic E-state index is 13.1. The molecule has 0 spiro atoms. The minimum atomic E-state index is -0.611. The Morgan fingerprint density at radius 2 is 1.76 bits per heavy atom. The van der Waals surface area contributed by atoms with Gasteiger partial charge in [0.1, 0.15) is 17.5 Å². The van der Waals surface area contributed by atoms with Crippen molar-refractivity contribution in [3.8, 4) is 0 Å². The molecule has 7 nitrogen and oxygen atoms in total. The zero-order valence-corrected chi connectivity index (χ0v) is 21.0. The minimum Gasteiger partial charge on any atom is -0.469 e. The van der Waals surface area contributed by atoms with E-state index in [9.17, 15) is 19.2 Å². The summed E-state index contributed by atoms with van der Waals surface area (Å²) in [4.78, 5) is 47.4. The Labute approximate surface area is 198 Å². The minimum absolute atomic E-state index is 0.106. The molecule has 0 amide bonds. The Morgan fingerprint density at radius 1 is 1.06 bits per heavy atom. The molecule has 1 aliphatic rings. The van der Waals surface area contributed by atoms with Gasteiger partial charge in [0, 0.05) is 32.6 Å². The van der Waals surface area contributed by atoms with Crippen molar-refractivity contribution in [1.29, 1.82) is 0 Å². The zero-order chi connectivity index (χ0) is 24.9. The van der Waals surface area contributed by atoms with Crippen LogP contribution in [-0.4, -0.2) is 42.5 Å². The van der Waals surface area contributed by atoms with E-state index in [-0.39, 0.29) is 29.6 Å². The van der Waals surface area contributed by atoms with Crippen LogP contribution in [0.25, 0.3) is 0 Å². The Morgan fingerprint density at radius 3 is 2.36 bits per heavy atom. The van der Waals surface area contributed by atoms with Crippen molar-refractivity contribution < 1.29 is 33.4 Å². The average molecular weight is 467 g/mol. The van der Waals surface area contributed by atoms with Crippen LogP contribution in [0.5, 0.6) is 0 Å². The Balaban J connectivity index is 2.68. The normalized spacial score (nSPS) is 22.2. The number of carbonyl (C=O) groups excluding carboxylic acids is 4. The molecule has 1 rings (SSSR count). The molecule has 1 fully saturated rings. The molecule has 0 radical (unpaired) electrons. The molecule has 0 aromatic rings. The van der Waals surface area contributed by atoms with E-state index in [4.69, 9.17) is 9.47 Å². The number of rotatable bonds is 15. The van der Waals surface area contributed by atoms with E-state index in [1.54, 1.807) is 0 Å². The molecule has 4 atom stereocenters. The lowest BCUT2D eigenvalue weighted by Crippen LogP contribution is -2.30. The largest absolute Gasteiger partial charge is 0.469 e. The second-order valence-corrected chi connectivity index (χ2v) is 9.32. The van der Waals surface area contributed by atoms with E-state index in [0.29, 0.717) is 19.3 Å². The lowest BCUT2D eigenvalue weighted by molar-refractivity contribution is -0.156. The molecule has 0 aromatic heterocycles. The number of methoxy groups -OCH3 is 1. The predicted molar refractivity (Wildman–Crippen MR) is 125 cm³/mol. The quantitative estimate of drug-likeness (QED) is 0.143. The van der Waals surface area contributed by atoms with Gasteiger partial charge in [0.15, 0.2) is 0 Å². The maximum Gasteiger partial charge on any atom is 0.305 e. The molecular formula is C26H42O7. The van der Waals surface area contributed by atoms with Gasteiger partial charge in [-0.3, -0.25) is 19.2 Å². The van der Waals surface area contributed by atoms with Crippen LogP contribution in [0, 0.1) is 11.8 Å². The molecule has 7 heteroatoms. The van der Waals surface area contributed by atoms with E-state index >= 15 is 0 Å². The van der Waals surface area contributed by atoms with Crippen LogP contribution < -0.4 is 0 Å². The van der Waals surface area contributed by atoms with Crippen molar-refractivity contribution in [3.63, 3.8) is 0 Å². The van der Waals surface area contributed by atoms with Gasteiger partial charge in [0.2, 0.25) is 0 Å². The number of esters is 3. The summed E-state index contributed by atoms with van der Waals surface area (Å²) in [5.41, 5.74) is -0.611. The topological polar surface area (TPSA) is 96.0 Å². The van der Waals surface area contributed by atoms with Crippen LogP contribution in [0.1, 0.15) is 98.3 Å². The predicted octanol–water partition coefficient (Wildman–Crippen LogP) is 5.10. The van der Waals surface area contributed by atoms with Gasteiger partial charge in [-0.05, 0) is 39.0 Å². The van der Waals surface area contributed by atoms with E-state index in [0.717, 1.165) is 51.4 Å². The number of ether oxygens (including phenoxy) is 3. The lowest BCUT2D eigenvalue weighted by Gasteiger charge is -2.28. The highest BCUT2D eigenvalue weighted by Gasteiger charge is 2.42. The highest BCUT2D eigenvalue weighted by atomic mass is 16.6. The molecule has 0 N–H and O–H groups in total. The third-order valence-electron chi connectivity index (χ3n) is 6.22. The van der Waals surface area contributed by atoms with Crippen LogP contribution in [0.2, 0.25) is 0 Å². The summed E-state index contributed by atoms with van der Waals surface area (Å²) in [6.07, 6.45) is 11.7. The van der Waals surface area contributed by atoms with E-state index in [1.165, 1.54) is 21.0 Å². The van der Waals surface area contributed by atoms with Crippen LogP contribution in [0.15, 0.2) is 12.2 Å². The van der Waals surface area contributed by atoms with Crippen molar-refractivity contribution >= 4 is 23.7 Å². The monoisotopic (exact) mass is 466 g/mol. The molecule has 1 saturated carbocycles. The number of Topliss-reactive ketones (excluding diaryl/α,β-unsaturated/α-hetero) is 1. The summed E-state index contributed by atoms with van der Waals surface area (Å²) in [5.74, 6) is -1.39. The van der Waals surface area contributed by atoms with Crippen LogP contribution in [0.3, 0.4) is 0 Å². The van der Waals surface area contributed by atoms with E-state index in [1.807, 2.05) is 19.1 Å². The molecule has 0 aromatic carbocycles. The first-order valence-electron chi connectivity index (χ1n) is 12.3. The molecule has 33 heavy (non-hydrogen) atoms. The Bertz CT molecular complexity index is 684. The standard InChI is InChI=1S/C26H42O7/c1-6-7-16-26(4,33-20(3)28)17-12-14-22-23(32-19(2)27)18-21(25(22)30)13-10-8-9-11-15-24(29)31-5/h12,14,21-23H,6-11,13,15-18H2,1-5H3/t21-,22-,23-,26+/m1/s1. The maximum atomic E-state index is 13.1. The van der Waals surface area contributed by atoms with Crippen LogP contribution in [0.4, 0.5) is 0 Å². The lowest BCUT2D eigenvalue weighted by atomic mass is 9.92. The number of hydrogen-bond acceptors (Lipinski definition) is 7. The highest BCUT2D eigenvalue weighted by molar-refractivity contribution is 5.88. The number of ketones is 1. The fourth-order valence-electron chi connectivity index (χ4n) is 4.48. The first-order chi connectivity index (χ1) is 15.6. The van der Waals surface area contributed by atoms with Crippen molar-refractivity contribution in [3.05, 3.63) is 12.2 Å². The second-order valence-electron chi connectivity index (χ2n) is 9.32. The van der Waals surface area contributed by atoms with Crippen molar-refractivity contribution in [2.75, 3.05) is 7.11 Å². The number of carbonyl (C=O) groups is 4. The molecule has 1 aliphatic carbocycles. The van der Waals surface area contributed by atoms with Gasteiger partial charge in [-0.2, -0.15) is 0 Å². The van der Waals surface area contributed by atoms with Crippen LogP contribution >= 0.6 is 0 Å². The molecule has 0 heterocycles. The number of hydrogen-bond donors (Lipinski definition) is 0. The molecule has 188 valence electrons. The van der Waals surface area contributed by atoms with Gasteiger partial charge in [0.05, 0.1) is 13.0 Å². The van der Waals surface area contributed by atoms with Gasteiger partial charge < -0.3 is 14.2 Å². The van der Waals surface area contributed by atoms with E-state index < -0.39 is 17.6 Å². The highest BCUT2D eigenvalue weighted by Crippen LogP contribution is 2.35. The Kier molecular flexibility index (Phi) is 13.0. The van der Waals surface area contributed by atoms with Gasteiger partial charge in [-0.25, -0.2) is 0 Å². The fraction of sp³-hybridized carbons (Fsp3) is 0.769. The smallest absolute Gasteiger partial charge is 0.305 e. The summed E-state index contributed by atoms with van der Waals surface area (Å²) in [6.45, 7) is 6.77. The van der Waals surface area contributed by atoms with Crippen molar-refractivity contribution in [2.45, 2.75) is 110 Å². The van der Waals surface area contributed by atoms with Gasteiger partial charge in [-0.1, -0.05) is 44.8 Å². The van der Waals surface area contributed by atoms with Gasteiger partial charge in [0.25, 0.3) is 0 Å².